The Morgan fingerprint density at radius 3 is 2.82 bits per heavy atom. The summed E-state index contributed by atoms with van der Waals surface area (Å²) in [5.74, 6) is 1.06. The van der Waals surface area contributed by atoms with Crippen LogP contribution in [0.1, 0.15) is 29.5 Å². The molecule has 4 heterocycles. The lowest BCUT2D eigenvalue weighted by atomic mass is 9.74. The van der Waals surface area contributed by atoms with E-state index in [4.69, 9.17) is 27.8 Å². The predicted molar refractivity (Wildman–Crippen MR) is 150 cm³/mol. The zero-order valence-corrected chi connectivity index (χ0v) is 23.2. The van der Waals surface area contributed by atoms with E-state index < -0.39 is 0 Å². The molecule has 38 heavy (non-hydrogen) atoms. The summed E-state index contributed by atoms with van der Waals surface area (Å²) in [6.07, 6.45) is 6.14. The number of ether oxygens (including phenoxy) is 1. The van der Waals surface area contributed by atoms with Crippen LogP contribution in [0.5, 0.6) is 0 Å². The van der Waals surface area contributed by atoms with Crippen LogP contribution in [0.15, 0.2) is 44.9 Å². The topological polar surface area (TPSA) is 138 Å². The molecule has 1 atom stereocenters. The van der Waals surface area contributed by atoms with Gasteiger partial charge in [-0.3, -0.25) is 9.36 Å². The van der Waals surface area contributed by atoms with Gasteiger partial charge in [-0.15, -0.1) is 11.3 Å². The van der Waals surface area contributed by atoms with Crippen molar-refractivity contribution in [2.75, 3.05) is 37.4 Å². The summed E-state index contributed by atoms with van der Waals surface area (Å²) in [6.45, 7) is 2.46. The van der Waals surface area contributed by atoms with Crippen molar-refractivity contribution in [3.05, 3.63) is 56.1 Å². The number of hydrogen-bond donors (Lipinski definition) is 2. The first-order valence-electron chi connectivity index (χ1n) is 12.3. The number of aromatic nitrogens is 5. The van der Waals surface area contributed by atoms with Crippen LogP contribution < -0.4 is 21.9 Å². The lowest BCUT2D eigenvalue weighted by Gasteiger charge is -2.42. The first kappa shape index (κ1) is 25.5. The monoisotopic (exact) mass is 570 g/mol. The van der Waals surface area contributed by atoms with E-state index in [0.29, 0.717) is 44.8 Å². The molecule has 6 rings (SSSR count). The van der Waals surface area contributed by atoms with Crippen LogP contribution in [-0.4, -0.2) is 51.3 Å². The van der Waals surface area contributed by atoms with Crippen molar-refractivity contribution in [3.63, 3.8) is 0 Å². The van der Waals surface area contributed by atoms with Gasteiger partial charge in [-0.25, -0.2) is 19.9 Å². The Balaban J connectivity index is 1.19. The highest BCUT2D eigenvalue weighted by Crippen LogP contribution is 2.52. The van der Waals surface area contributed by atoms with E-state index >= 15 is 0 Å². The molecule has 198 valence electrons. The average Bonchev–Trinajstić information content (AvgIpc) is 3.47. The summed E-state index contributed by atoms with van der Waals surface area (Å²) in [5.41, 5.74) is 16.4. The predicted octanol–water partition coefficient (Wildman–Crippen LogP) is 3.52. The summed E-state index contributed by atoms with van der Waals surface area (Å²) in [7, 11) is 1.59. The third-order valence-electron chi connectivity index (χ3n) is 7.61. The summed E-state index contributed by atoms with van der Waals surface area (Å²) in [4.78, 5) is 35.3. The molecule has 4 N–H and O–H groups in total. The lowest BCUT2D eigenvalue weighted by Crippen LogP contribution is -2.44. The molecule has 1 aliphatic carbocycles. The molecule has 2 aliphatic rings. The number of thiazole rings is 1. The number of anilines is 2. The van der Waals surface area contributed by atoms with Gasteiger partial charge >= 0.3 is 0 Å². The van der Waals surface area contributed by atoms with Gasteiger partial charge in [-0.2, -0.15) is 0 Å². The second-order valence-corrected chi connectivity index (χ2v) is 12.0. The number of hydrogen-bond acceptors (Lipinski definition) is 11. The van der Waals surface area contributed by atoms with Gasteiger partial charge in [-0.05, 0) is 36.8 Å². The van der Waals surface area contributed by atoms with Crippen molar-refractivity contribution in [2.45, 2.75) is 41.8 Å². The number of methoxy groups -OCH3 is 1. The van der Waals surface area contributed by atoms with Gasteiger partial charge in [0.05, 0.1) is 52.8 Å². The van der Waals surface area contributed by atoms with Crippen LogP contribution in [0.3, 0.4) is 0 Å². The van der Waals surface area contributed by atoms with Crippen LogP contribution in [0, 0.1) is 5.41 Å². The molecule has 1 saturated heterocycles. The zero-order chi connectivity index (χ0) is 26.4. The summed E-state index contributed by atoms with van der Waals surface area (Å²) in [5, 5.41) is 1.20. The fourth-order valence-electron chi connectivity index (χ4n) is 5.39. The third-order valence-corrected chi connectivity index (χ3v) is 10.1. The summed E-state index contributed by atoms with van der Waals surface area (Å²) < 4.78 is 6.58. The normalized spacial score (nSPS) is 18.4. The van der Waals surface area contributed by atoms with E-state index in [1.165, 1.54) is 33.2 Å². The SMILES string of the molecule is COCCn1cnc2ccc(Sc3ncc(N4CCC5(CC4)Cc4ncsc4[C@H]5N)nc3N)c(Cl)c2c1=O. The van der Waals surface area contributed by atoms with E-state index in [9.17, 15) is 4.79 Å². The van der Waals surface area contributed by atoms with Gasteiger partial charge < -0.3 is 21.1 Å². The van der Waals surface area contributed by atoms with Crippen molar-refractivity contribution < 1.29 is 4.74 Å². The van der Waals surface area contributed by atoms with Gasteiger partial charge in [-0.1, -0.05) is 23.4 Å². The molecule has 1 aliphatic heterocycles. The molecule has 0 amide bonds. The van der Waals surface area contributed by atoms with E-state index in [-0.39, 0.29) is 17.0 Å². The summed E-state index contributed by atoms with van der Waals surface area (Å²) in [6, 6.07) is 3.64. The fourth-order valence-corrected chi connectivity index (χ4v) is 7.48. The van der Waals surface area contributed by atoms with Gasteiger partial charge in [0, 0.05) is 36.0 Å². The largest absolute Gasteiger partial charge is 0.383 e. The van der Waals surface area contributed by atoms with Gasteiger partial charge in [0.2, 0.25) is 0 Å². The molecule has 1 fully saturated rings. The first-order chi connectivity index (χ1) is 18.4. The number of benzene rings is 1. The molecule has 0 unspecified atom stereocenters. The Bertz CT molecular complexity index is 1570. The lowest BCUT2D eigenvalue weighted by molar-refractivity contribution is 0.186. The molecule has 1 aromatic carbocycles. The minimum Gasteiger partial charge on any atom is -0.383 e. The maximum atomic E-state index is 13.0. The van der Waals surface area contributed by atoms with E-state index in [2.05, 4.69) is 24.8 Å². The second kappa shape index (κ2) is 10.1. The Morgan fingerprint density at radius 1 is 1.26 bits per heavy atom. The number of fused-ring (bicyclic) bond motifs is 2. The minimum atomic E-state index is -0.218. The van der Waals surface area contributed by atoms with Gasteiger partial charge in [0.15, 0.2) is 5.82 Å². The Labute approximate surface area is 232 Å². The number of nitrogens with two attached hydrogens (primary N) is 2. The van der Waals surface area contributed by atoms with E-state index in [1.54, 1.807) is 30.7 Å². The minimum absolute atomic E-state index is 0.0491. The number of nitrogens with zero attached hydrogens (tertiary/aromatic N) is 6. The van der Waals surface area contributed by atoms with Crippen molar-refractivity contribution in [1.82, 2.24) is 24.5 Å². The van der Waals surface area contributed by atoms with Crippen molar-refractivity contribution >= 4 is 57.2 Å². The fraction of sp³-hybridized carbons (Fsp3) is 0.400. The maximum absolute atomic E-state index is 13.0. The molecular formula is C25H27ClN8O2S2. The smallest absolute Gasteiger partial charge is 0.262 e. The number of nitrogen functional groups attached to an aromatic ring is 1. The zero-order valence-electron chi connectivity index (χ0n) is 20.8. The van der Waals surface area contributed by atoms with E-state index in [1.807, 2.05) is 11.6 Å². The van der Waals surface area contributed by atoms with Crippen LogP contribution in [0.4, 0.5) is 11.6 Å². The highest BCUT2D eigenvalue weighted by molar-refractivity contribution is 7.99. The van der Waals surface area contributed by atoms with Crippen LogP contribution in [0.25, 0.3) is 10.9 Å². The molecule has 1 spiro atoms. The number of rotatable bonds is 6. The standard InChI is InChI=1S/C25H27ClN8O2S2/c1-36-9-8-34-12-30-14-2-3-16(19(26)18(14)24(34)35)38-23-22(28)32-17(11-29-23)33-6-4-25(5-7-33)10-15-20(21(25)27)37-13-31-15/h2-3,11-13,21H,4-10,27H2,1H3,(H2,28,32)/t21-/m1/s1. The van der Waals surface area contributed by atoms with Gasteiger partial charge in [0.25, 0.3) is 5.56 Å². The maximum Gasteiger partial charge on any atom is 0.262 e. The van der Waals surface area contributed by atoms with Crippen molar-refractivity contribution in [1.29, 1.82) is 0 Å². The van der Waals surface area contributed by atoms with Crippen molar-refractivity contribution in [2.24, 2.45) is 11.1 Å². The van der Waals surface area contributed by atoms with Crippen LogP contribution in [0.2, 0.25) is 5.02 Å². The molecule has 4 aromatic rings. The molecule has 13 heteroatoms. The Hall–Kier alpha value is -2.77. The molecule has 0 bridgehead atoms. The van der Waals surface area contributed by atoms with Crippen LogP contribution in [-0.2, 0) is 17.7 Å². The Morgan fingerprint density at radius 2 is 2.08 bits per heavy atom. The molecule has 10 nitrogen and oxygen atoms in total. The average molecular weight is 571 g/mol. The first-order valence-corrected chi connectivity index (χ1v) is 14.4. The second-order valence-electron chi connectivity index (χ2n) is 9.70. The number of halogens is 1. The molecule has 0 radical (unpaired) electrons. The third kappa shape index (κ3) is 4.34. The highest BCUT2D eigenvalue weighted by Gasteiger charge is 2.47. The highest BCUT2D eigenvalue weighted by atomic mass is 35.5. The number of piperidine rings is 1. The molecule has 0 saturated carbocycles. The molecule has 3 aromatic heterocycles. The Kier molecular flexibility index (Phi) is 6.77. The quantitative estimate of drug-likeness (QED) is 0.354. The van der Waals surface area contributed by atoms with Gasteiger partial charge in [0.1, 0.15) is 10.8 Å². The molecular weight excluding hydrogens is 544 g/mol. The van der Waals surface area contributed by atoms with E-state index in [0.717, 1.165) is 38.2 Å². The van der Waals surface area contributed by atoms with Crippen molar-refractivity contribution in [3.8, 4) is 0 Å². The van der Waals surface area contributed by atoms with Crippen LogP contribution >= 0.6 is 34.7 Å². The summed E-state index contributed by atoms with van der Waals surface area (Å²) >= 11 is 9.64.